The molecule has 2 atom stereocenters. The van der Waals surface area contributed by atoms with E-state index in [0.29, 0.717) is 6.04 Å². The molecule has 4 heteroatoms. The van der Waals surface area contributed by atoms with Gasteiger partial charge in [0.15, 0.2) is 0 Å². The van der Waals surface area contributed by atoms with Gasteiger partial charge in [-0.1, -0.05) is 6.92 Å². The summed E-state index contributed by atoms with van der Waals surface area (Å²) in [5.74, 6) is 1.01. The predicted octanol–water partition coefficient (Wildman–Crippen LogP) is 0.934. The minimum absolute atomic E-state index is 0.0286. The summed E-state index contributed by atoms with van der Waals surface area (Å²) < 4.78 is 0. The zero-order valence-electron chi connectivity index (χ0n) is 8.91. The molecule has 0 aromatic rings. The van der Waals surface area contributed by atoms with Gasteiger partial charge in [-0.2, -0.15) is 11.8 Å². The first-order valence-electron chi connectivity index (χ1n) is 4.55. The first-order valence-corrected chi connectivity index (χ1v) is 5.95. The van der Waals surface area contributed by atoms with E-state index in [1.807, 2.05) is 13.3 Å². The van der Waals surface area contributed by atoms with E-state index in [-0.39, 0.29) is 11.9 Å². The molecule has 3 nitrogen and oxygen atoms in total. The summed E-state index contributed by atoms with van der Waals surface area (Å²) in [4.78, 5) is 13.3. The fourth-order valence-corrected chi connectivity index (χ4v) is 2.04. The van der Waals surface area contributed by atoms with Crippen molar-refractivity contribution >= 4 is 17.7 Å². The van der Waals surface area contributed by atoms with Crippen LogP contribution in [0.15, 0.2) is 0 Å². The van der Waals surface area contributed by atoms with Gasteiger partial charge in [0, 0.05) is 18.8 Å². The molecule has 0 aromatic heterocycles. The van der Waals surface area contributed by atoms with Gasteiger partial charge >= 0.3 is 0 Å². The van der Waals surface area contributed by atoms with Gasteiger partial charge in [-0.05, 0) is 19.6 Å². The molecule has 0 aromatic carbocycles. The minimum Gasteiger partial charge on any atom is -0.341 e. The molecule has 0 spiro atoms. The van der Waals surface area contributed by atoms with Crippen LogP contribution in [0.25, 0.3) is 0 Å². The number of hydrogen-bond acceptors (Lipinski definition) is 3. The first-order chi connectivity index (χ1) is 6.04. The molecular formula is C9H20N2OS. The number of carbonyl (C=O) groups excluding carboxylic acids is 1. The van der Waals surface area contributed by atoms with E-state index < -0.39 is 0 Å². The lowest BCUT2D eigenvalue weighted by Crippen LogP contribution is -2.45. The highest BCUT2D eigenvalue weighted by Gasteiger charge is 2.20. The Balaban J connectivity index is 4.18. The minimum atomic E-state index is -0.388. The Morgan fingerprint density at radius 1 is 1.62 bits per heavy atom. The van der Waals surface area contributed by atoms with Gasteiger partial charge in [-0.3, -0.25) is 4.79 Å². The van der Waals surface area contributed by atoms with Crippen LogP contribution in [-0.2, 0) is 4.79 Å². The highest BCUT2D eigenvalue weighted by Crippen LogP contribution is 2.08. The molecule has 0 rings (SSSR count). The van der Waals surface area contributed by atoms with Crippen molar-refractivity contribution in [1.29, 1.82) is 0 Å². The topological polar surface area (TPSA) is 46.3 Å². The van der Waals surface area contributed by atoms with E-state index >= 15 is 0 Å². The van der Waals surface area contributed by atoms with Crippen molar-refractivity contribution < 1.29 is 4.79 Å². The normalized spacial score (nSPS) is 15.2. The summed E-state index contributed by atoms with van der Waals surface area (Å²) >= 11 is 1.76. The van der Waals surface area contributed by atoms with Gasteiger partial charge in [0.25, 0.3) is 0 Å². The Morgan fingerprint density at radius 2 is 2.15 bits per heavy atom. The second-order valence-electron chi connectivity index (χ2n) is 3.26. The quantitative estimate of drug-likeness (QED) is 0.725. The van der Waals surface area contributed by atoms with Crippen LogP contribution in [0.3, 0.4) is 0 Å². The zero-order chi connectivity index (χ0) is 10.4. The highest BCUT2D eigenvalue weighted by molar-refractivity contribution is 7.98. The molecule has 1 amide bonds. The number of carbonyl (C=O) groups is 1. The van der Waals surface area contributed by atoms with E-state index in [9.17, 15) is 4.79 Å². The highest BCUT2D eigenvalue weighted by atomic mass is 32.2. The van der Waals surface area contributed by atoms with Crippen molar-refractivity contribution in [3.8, 4) is 0 Å². The van der Waals surface area contributed by atoms with Crippen LogP contribution in [0.5, 0.6) is 0 Å². The monoisotopic (exact) mass is 204 g/mol. The second kappa shape index (κ2) is 6.27. The molecule has 0 fully saturated rings. The van der Waals surface area contributed by atoms with Gasteiger partial charge in [0.1, 0.15) is 0 Å². The summed E-state index contributed by atoms with van der Waals surface area (Å²) in [5.41, 5.74) is 5.53. The van der Waals surface area contributed by atoms with Crippen molar-refractivity contribution in [2.45, 2.75) is 32.4 Å². The number of rotatable bonds is 5. The summed E-state index contributed by atoms with van der Waals surface area (Å²) in [7, 11) is 1.83. The molecule has 78 valence electrons. The molecule has 0 aliphatic heterocycles. The Kier molecular flexibility index (Phi) is 6.16. The van der Waals surface area contributed by atoms with E-state index in [4.69, 9.17) is 5.73 Å². The third-order valence-electron chi connectivity index (χ3n) is 2.12. The van der Waals surface area contributed by atoms with Crippen molar-refractivity contribution in [2.75, 3.05) is 19.1 Å². The van der Waals surface area contributed by atoms with Gasteiger partial charge in [0.05, 0.1) is 6.04 Å². The van der Waals surface area contributed by atoms with Crippen LogP contribution in [0.1, 0.15) is 20.3 Å². The lowest BCUT2D eigenvalue weighted by molar-refractivity contribution is -0.132. The maximum absolute atomic E-state index is 11.5. The number of thioether (sulfide) groups is 1. The average Bonchev–Trinajstić information content (AvgIpc) is 2.11. The van der Waals surface area contributed by atoms with Crippen LogP contribution in [0.4, 0.5) is 0 Å². The molecule has 0 saturated heterocycles. The maximum Gasteiger partial charge on any atom is 0.239 e. The maximum atomic E-state index is 11.5. The smallest absolute Gasteiger partial charge is 0.239 e. The molecule has 13 heavy (non-hydrogen) atoms. The van der Waals surface area contributed by atoms with Gasteiger partial charge in [0.2, 0.25) is 5.91 Å². The Labute approximate surface area is 85.0 Å². The number of amides is 1. The van der Waals surface area contributed by atoms with Crippen molar-refractivity contribution in [2.24, 2.45) is 5.73 Å². The fourth-order valence-electron chi connectivity index (χ4n) is 1.20. The van der Waals surface area contributed by atoms with Gasteiger partial charge < -0.3 is 10.6 Å². The second-order valence-corrected chi connectivity index (χ2v) is 4.17. The summed E-state index contributed by atoms with van der Waals surface area (Å²) in [6, 6.07) is -0.0746. The lowest BCUT2D eigenvalue weighted by atomic mass is 10.2. The first kappa shape index (κ1) is 12.8. The SMILES string of the molecule is CCC(CSC)N(C)C(=O)[C@@H](C)N. The molecule has 0 aliphatic rings. The van der Waals surface area contributed by atoms with Crippen LogP contribution >= 0.6 is 11.8 Å². The predicted molar refractivity (Wildman–Crippen MR) is 58.9 cm³/mol. The standard InChI is InChI=1S/C9H20N2OS/c1-5-8(6-13-4)11(3)9(12)7(2)10/h7-8H,5-6,10H2,1-4H3/t7-,8?/m1/s1. The molecule has 0 heterocycles. The molecule has 0 saturated carbocycles. The zero-order valence-corrected chi connectivity index (χ0v) is 9.73. The third-order valence-corrected chi connectivity index (χ3v) is 2.83. The molecule has 0 bridgehead atoms. The summed E-state index contributed by atoms with van der Waals surface area (Å²) in [6.07, 6.45) is 3.03. The number of likely N-dealkylation sites (N-methyl/N-ethyl adjacent to an activating group) is 1. The number of nitrogens with zero attached hydrogens (tertiary/aromatic N) is 1. The van der Waals surface area contributed by atoms with Gasteiger partial charge in [-0.25, -0.2) is 0 Å². The van der Waals surface area contributed by atoms with Crippen LogP contribution in [0, 0.1) is 0 Å². The average molecular weight is 204 g/mol. The summed E-state index contributed by atoms with van der Waals surface area (Å²) in [5, 5.41) is 0. The Morgan fingerprint density at radius 3 is 2.46 bits per heavy atom. The van der Waals surface area contributed by atoms with Crippen molar-refractivity contribution in [3.05, 3.63) is 0 Å². The van der Waals surface area contributed by atoms with Crippen LogP contribution < -0.4 is 5.73 Å². The van der Waals surface area contributed by atoms with E-state index in [2.05, 4.69) is 6.92 Å². The molecule has 0 aliphatic carbocycles. The summed E-state index contributed by atoms with van der Waals surface area (Å²) in [6.45, 7) is 3.82. The lowest BCUT2D eigenvalue weighted by Gasteiger charge is -2.28. The number of hydrogen-bond donors (Lipinski definition) is 1. The van der Waals surface area contributed by atoms with Crippen LogP contribution in [0.2, 0.25) is 0 Å². The van der Waals surface area contributed by atoms with E-state index in [0.717, 1.165) is 12.2 Å². The third kappa shape index (κ3) is 4.00. The van der Waals surface area contributed by atoms with Crippen molar-refractivity contribution in [3.63, 3.8) is 0 Å². The van der Waals surface area contributed by atoms with E-state index in [1.54, 1.807) is 23.6 Å². The Hall–Kier alpha value is -0.220. The van der Waals surface area contributed by atoms with Crippen LogP contribution in [-0.4, -0.2) is 41.9 Å². The van der Waals surface area contributed by atoms with Gasteiger partial charge in [-0.15, -0.1) is 0 Å². The fraction of sp³-hybridized carbons (Fsp3) is 0.889. The Bertz CT molecular complexity index is 162. The van der Waals surface area contributed by atoms with E-state index in [1.165, 1.54) is 0 Å². The molecular weight excluding hydrogens is 184 g/mol. The van der Waals surface area contributed by atoms with Crippen molar-refractivity contribution in [1.82, 2.24) is 4.90 Å². The largest absolute Gasteiger partial charge is 0.341 e. The molecule has 0 radical (unpaired) electrons. The molecule has 1 unspecified atom stereocenters. The number of nitrogens with two attached hydrogens (primary N) is 1. The molecule has 2 N–H and O–H groups in total.